The Morgan fingerprint density at radius 2 is 2.04 bits per heavy atom. The fourth-order valence-electron chi connectivity index (χ4n) is 3.51. The van der Waals surface area contributed by atoms with Gasteiger partial charge in [-0.2, -0.15) is 5.26 Å². The number of hydrogen-bond acceptors (Lipinski definition) is 1. The van der Waals surface area contributed by atoms with Crippen molar-refractivity contribution < 1.29 is 4.68 Å². The van der Waals surface area contributed by atoms with Crippen LogP contribution in [0.4, 0.5) is 5.69 Å². The minimum absolute atomic E-state index is 0.585. The second kappa shape index (κ2) is 4.44. The normalized spacial score (nSPS) is 11.9. The maximum absolute atomic E-state index is 9.36. The number of aryl methyl sites for hydroxylation is 1. The monoisotopic (exact) mass is 299 g/mol. The second-order valence-electron chi connectivity index (χ2n) is 6.10. The van der Waals surface area contributed by atoms with Crippen molar-refractivity contribution in [1.82, 2.24) is 4.68 Å². The van der Waals surface area contributed by atoms with E-state index in [2.05, 4.69) is 47.1 Å². The van der Waals surface area contributed by atoms with E-state index in [1.165, 1.54) is 22.3 Å². The summed E-state index contributed by atoms with van der Waals surface area (Å²) in [6.45, 7) is 14.7. The zero-order chi connectivity index (χ0) is 16.3. The minimum Gasteiger partial charge on any atom is -0.236 e. The summed E-state index contributed by atoms with van der Waals surface area (Å²) in [5.41, 5.74) is 8.34. The number of nitriles is 1. The van der Waals surface area contributed by atoms with Crippen LogP contribution in [0.25, 0.3) is 21.4 Å². The molecule has 4 nitrogen and oxygen atoms in total. The van der Waals surface area contributed by atoms with E-state index in [0.29, 0.717) is 11.3 Å². The minimum atomic E-state index is 0.585. The quantitative estimate of drug-likeness (QED) is 0.361. The predicted molar refractivity (Wildman–Crippen MR) is 87.8 cm³/mol. The van der Waals surface area contributed by atoms with Gasteiger partial charge >= 0.3 is 0 Å². The van der Waals surface area contributed by atoms with Crippen LogP contribution in [-0.4, -0.2) is 4.68 Å². The van der Waals surface area contributed by atoms with Gasteiger partial charge in [-0.3, -0.25) is 0 Å². The number of hydrogen-bond donors (Lipinski definition) is 0. The van der Waals surface area contributed by atoms with Crippen molar-refractivity contribution in [2.24, 2.45) is 0 Å². The molecule has 3 aromatic rings. The average Bonchev–Trinajstić information content (AvgIpc) is 3.09. The van der Waals surface area contributed by atoms with Gasteiger partial charge in [0, 0.05) is 0 Å². The molecule has 0 aliphatic carbocycles. The third kappa shape index (κ3) is 1.61. The van der Waals surface area contributed by atoms with Gasteiger partial charge in [0.1, 0.15) is 11.2 Å². The van der Waals surface area contributed by atoms with Crippen molar-refractivity contribution in [1.29, 1.82) is 5.26 Å². The van der Waals surface area contributed by atoms with Gasteiger partial charge in [-0.05, 0) is 43.5 Å². The molecule has 0 fully saturated rings. The fraction of sp³-hybridized carbons (Fsp3) is 0.211. The van der Waals surface area contributed by atoms with Crippen molar-refractivity contribution >= 4 is 16.6 Å². The van der Waals surface area contributed by atoms with Gasteiger partial charge in [-0.1, -0.05) is 12.1 Å². The molecule has 2 heterocycles. The Kier molecular flexibility index (Phi) is 2.62. The lowest BCUT2D eigenvalue weighted by molar-refractivity contribution is -0.749. The van der Waals surface area contributed by atoms with Crippen LogP contribution in [0.1, 0.15) is 27.8 Å². The lowest BCUT2D eigenvalue weighted by Gasteiger charge is -2.09. The van der Waals surface area contributed by atoms with Crippen LogP contribution < -0.4 is 4.68 Å². The van der Waals surface area contributed by atoms with Crippen molar-refractivity contribution in [3.63, 3.8) is 0 Å². The van der Waals surface area contributed by atoms with Gasteiger partial charge in [-0.15, -0.1) is 9.36 Å². The number of benzene rings is 2. The van der Waals surface area contributed by atoms with Crippen molar-refractivity contribution in [3.05, 3.63) is 63.6 Å². The first kappa shape index (κ1) is 13.5. The van der Waals surface area contributed by atoms with Crippen molar-refractivity contribution in [2.45, 2.75) is 27.3 Å². The number of aromatic nitrogens is 2. The highest BCUT2D eigenvalue weighted by molar-refractivity contribution is 5.95. The van der Waals surface area contributed by atoms with Crippen LogP contribution in [0, 0.1) is 38.7 Å². The van der Waals surface area contributed by atoms with Gasteiger partial charge in [0.05, 0.1) is 29.2 Å². The first-order chi connectivity index (χ1) is 11.1. The third-order valence-electron chi connectivity index (χ3n) is 5.00. The molecule has 4 heteroatoms. The predicted octanol–water partition coefficient (Wildman–Crippen LogP) is 3.63. The number of rotatable bonds is 0. The summed E-state index contributed by atoms with van der Waals surface area (Å²) in [5.74, 6) is 0. The highest BCUT2D eigenvalue weighted by Gasteiger charge is 2.32. The molecule has 0 unspecified atom stereocenters. The molecule has 1 aromatic heterocycles. The molecular weight excluding hydrogens is 284 g/mol. The topological polar surface area (TPSA) is 37.0 Å². The Bertz CT molecular complexity index is 1090. The molecule has 2 aromatic carbocycles. The van der Waals surface area contributed by atoms with E-state index in [4.69, 9.17) is 6.57 Å². The Hall–Kier alpha value is -3.11. The molecule has 1 aliphatic heterocycles. The summed E-state index contributed by atoms with van der Waals surface area (Å²) in [6.07, 6.45) is 1.99. The van der Waals surface area contributed by atoms with Crippen LogP contribution in [0.5, 0.6) is 0 Å². The van der Waals surface area contributed by atoms with Gasteiger partial charge in [0.2, 0.25) is 11.9 Å². The molecular formula is C19H15N4+. The summed E-state index contributed by atoms with van der Waals surface area (Å²) in [6, 6.07) is 7.90. The zero-order valence-electron chi connectivity index (χ0n) is 13.3. The molecule has 0 N–H and O–H groups in total. The maximum atomic E-state index is 9.36. The van der Waals surface area contributed by atoms with Gasteiger partial charge in [-0.25, -0.2) is 4.85 Å². The van der Waals surface area contributed by atoms with Crippen LogP contribution >= 0.6 is 0 Å². The van der Waals surface area contributed by atoms with E-state index in [9.17, 15) is 5.26 Å². The summed E-state index contributed by atoms with van der Waals surface area (Å²) in [4.78, 5) is 3.67. The molecule has 0 amide bonds. The Morgan fingerprint density at radius 1 is 1.26 bits per heavy atom. The fourth-order valence-corrected chi connectivity index (χ4v) is 3.51. The van der Waals surface area contributed by atoms with E-state index in [1.54, 1.807) is 12.1 Å². The molecule has 0 spiro atoms. The molecule has 23 heavy (non-hydrogen) atoms. The van der Waals surface area contributed by atoms with E-state index in [1.807, 2.05) is 6.20 Å². The summed E-state index contributed by atoms with van der Waals surface area (Å²) < 4.78 is 4.20. The zero-order valence-corrected chi connectivity index (χ0v) is 13.3. The van der Waals surface area contributed by atoms with E-state index in [-0.39, 0.29) is 0 Å². The Morgan fingerprint density at radius 3 is 2.74 bits per heavy atom. The molecule has 0 bridgehead atoms. The summed E-state index contributed by atoms with van der Waals surface area (Å²) >= 11 is 0. The Labute approximate surface area is 134 Å². The molecule has 0 radical (unpaired) electrons. The molecule has 0 atom stereocenters. The summed E-state index contributed by atoms with van der Waals surface area (Å²) in [7, 11) is 0. The van der Waals surface area contributed by atoms with Crippen LogP contribution in [0.15, 0.2) is 24.4 Å². The van der Waals surface area contributed by atoms with Crippen LogP contribution in [0.2, 0.25) is 0 Å². The number of nitrogens with zero attached hydrogens (tertiary/aromatic N) is 4. The highest BCUT2D eigenvalue weighted by Crippen LogP contribution is 2.35. The lowest BCUT2D eigenvalue weighted by Crippen LogP contribution is -2.36. The second-order valence-corrected chi connectivity index (χ2v) is 6.10. The van der Waals surface area contributed by atoms with Crippen molar-refractivity contribution in [3.8, 4) is 11.8 Å². The van der Waals surface area contributed by atoms with E-state index < -0.39 is 0 Å². The Balaban J connectivity index is 2.17. The van der Waals surface area contributed by atoms with E-state index in [0.717, 1.165) is 23.1 Å². The summed E-state index contributed by atoms with van der Waals surface area (Å²) in [5, 5.41) is 10.2. The highest BCUT2D eigenvalue weighted by atomic mass is 15.4. The van der Waals surface area contributed by atoms with Crippen LogP contribution in [0.3, 0.4) is 0 Å². The van der Waals surface area contributed by atoms with E-state index >= 15 is 0 Å². The van der Waals surface area contributed by atoms with Crippen LogP contribution in [-0.2, 0) is 6.54 Å². The van der Waals surface area contributed by atoms with Gasteiger partial charge in [0.25, 0.3) is 0 Å². The number of fused-ring (bicyclic) bond motifs is 5. The molecule has 110 valence electrons. The van der Waals surface area contributed by atoms with Gasteiger partial charge < -0.3 is 0 Å². The first-order valence-corrected chi connectivity index (χ1v) is 7.52. The SMILES string of the molecule is [C-]#[N+]c1ccc(C#N)c2c[n+]3n(c12)-c1cc(C)c(C)c(C)c1C3. The maximum Gasteiger partial charge on any atom is 0.217 e. The molecule has 0 saturated carbocycles. The standard InChI is InChI=1S/C19H15N4/c1-11-7-18-15(13(3)12(11)2)9-22-10-16-14(8-20)5-6-17(21-4)19(16)23(18)22/h5-7,10H,9H2,1-3H3/q+1. The van der Waals surface area contributed by atoms with Gasteiger partial charge in [0.15, 0.2) is 6.54 Å². The largest absolute Gasteiger partial charge is 0.236 e. The smallest absolute Gasteiger partial charge is 0.217 e. The third-order valence-corrected chi connectivity index (χ3v) is 5.00. The molecule has 0 saturated heterocycles. The average molecular weight is 299 g/mol. The molecule has 1 aliphatic rings. The lowest BCUT2D eigenvalue weighted by atomic mass is 9.97. The van der Waals surface area contributed by atoms with Crippen molar-refractivity contribution in [2.75, 3.05) is 0 Å². The molecule has 4 rings (SSSR count). The first-order valence-electron chi connectivity index (χ1n) is 7.52.